The monoisotopic (exact) mass is 423 g/mol. The maximum Gasteiger partial charge on any atom is 0.340 e. The summed E-state index contributed by atoms with van der Waals surface area (Å²) in [4.78, 5) is 25.8. The molecule has 0 radical (unpaired) electrons. The number of aryl methyl sites for hydroxylation is 1. The minimum absolute atomic E-state index is 0.0503. The molecule has 5 heteroatoms. The Hall–Kier alpha value is -2.66. The lowest BCUT2D eigenvalue weighted by molar-refractivity contribution is -0.932. The normalized spacial score (nSPS) is 15.9. The third-order valence-electron chi connectivity index (χ3n) is 5.95. The molecular formula is C26H35N2O3+. The van der Waals surface area contributed by atoms with E-state index in [1.54, 1.807) is 6.07 Å². The Labute approximate surface area is 186 Å². The van der Waals surface area contributed by atoms with Crippen LogP contribution in [0.1, 0.15) is 61.0 Å². The highest BCUT2D eigenvalue weighted by Crippen LogP contribution is 2.25. The van der Waals surface area contributed by atoms with E-state index in [4.69, 9.17) is 4.74 Å². The molecule has 2 aromatic rings. The molecule has 1 aliphatic rings. The predicted molar refractivity (Wildman–Crippen MR) is 124 cm³/mol. The average Bonchev–Trinajstić information content (AvgIpc) is 2.95. The molecule has 1 heterocycles. The van der Waals surface area contributed by atoms with Gasteiger partial charge in [0.2, 0.25) is 0 Å². The first kappa shape index (κ1) is 23.0. The Bertz CT molecular complexity index is 885. The van der Waals surface area contributed by atoms with Crippen LogP contribution in [0.15, 0.2) is 48.5 Å². The average molecular weight is 424 g/mol. The van der Waals surface area contributed by atoms with Crippen molar-refractivity contribution >= 4 is 17.6 Å². The summed E-state index contributed by atoms with van der Waals surface area (Å²) < 4.78 is 6.14. The number of nitrogens with one attached hydrogen (secondary N) is 1. The first-order valence-electron chi connectivity index (χ1n) is 11.4. The number of carbonyl (C=O) groups is 2. The minimum Gasteiger partial charge on any atom is -0.459 e. The number of esters is 1. The number of para-hydroxylation sites is 1. The van der Waals surface area contributed by atoms with Crippen LogP contribution < -0.4 is 5.32 Å². The standard InChI is InChI=1S/C26H34N2O3/c1-20(2)31-26(30)23-15-11-12-21(3)25(23)27-24(29)19-28(16-9-4-5-10-17-28)18-22-13-7-6-8-14-22/h6-8,11-15,20H,4-5,9-10,16-19H2,1-3H3/p+1. The molecule has 0 unspecified atom stereocenters. The third-order valence-corrected chi connectivity index (χ3v) is 5.95. The molecule has 1 N–H and O–H groups in total. The van der Waals surface area contributed by atoms with Gasteiger partial charge in [-0.05, 0) is 58.1 Å². The number of anilines is 1. The Morgan fingerprint density at radius 3 is 2.29 bits per heavy atom. The van der Waals surface area contributed by atoms with Crippen molar-refractivity contribution in [2.75, 3.05) is 25.0 Å². The highest BCUT2D eigenvalue weighted by molar-refractivity contribution is 6.02. The molecule has 31 heavy (non-hydrogen) atoms. The van der Waals surface area contributed by atoms with E-state index in [0.717, 1.165) is 42.5 Å². The summed E-state index contributed by atoms with van der Waals surface area (Å²) >= 11 is 0. The van der Waals surface area contributed by atoms with Gasteiger partial charge in [-0.3, -0.25) is 4.79 Å². The van der Waals surface area contributed by atoms with Crippen LogP contribution in [-0.4, -0.2) is 42.1 Å². The molecule has 1 fully saturated rings. The predicted octanol–water partition coefficient (Wildman–Crippen LogP) is 5.09. The van der Waals surface area contributed by atoms with Gasteiger partial charge >= 0.3 is 5.97 Å². The number of rotatable bonds is 7. The highest BCUT2D eigenvalue weighted by Gasteiger charge is 2.32. The Kier molecular flexibility index (Phi) is 7.85. The van der Waals surface area contributed by atoms with Crippen LogP contribution in [0.4, 0.5) is 5.69 Å². The van der Waals surface area contributed by atoms with E-state index in [-0.39, 0.29) is 12.0 Å². The van der Waals surface area contributed by atoms with Crippen molar-refractivity contribution in [1.29, 1.82) is 0 Å². The van der Waals surface area contributed by atoms with Crippen molar-refractivity contribution in [3.05, 3.63) is 65.2 Å². The molecule has 3 rings (SSSR count). The second-order valence-electron chi connectivity index (χ2n) is 9.00. The van der Waals surface area contributed by atoms with Crippen molar-refractivity contribution in [3.8, 4) is 0 Å². The number of benzene rings is 2. The van der Waals surface area contributed by atoms with Gasteiger partial charge in [-0.1, -0.05) is 42.5 Å². The van der Waals surface area contributed by atoms with E-state index < -0.39 is 5.97 Å². The number of ether oxygens (including phenoxy) is 1. The number of quaternary nitrogens is 1. The van der Waals surface area contributed by atoms with Gasteiger partial charge in [0, 0.05) is 5.56 Å². The van der Waals surface area contributed by atoms with Crippen LogP contribution in [0.25, 0.3) is 0 Å². The summed E-state index contributed by atoms with van der Waals surface area (Å²) in [6.45, 7) is 8.80. The van der Waals surface area contributed by atoms with E-state index in [2.05, 4.69) is 29.6 Å². The van der Waals surface area contributed by atoms with Crippen molar-refractivity contribution < 1.29 is 18.8 Å². The van der Waals surface area contributed by atoms with Crippen LogP contribution >= 0.6 is 0 Å². The molecule has 5 nitrogen and oxygen atoms in total. The molecule has 0 atom stereocenters. The van der Waals surface area contributed by atoms with Crippen LogP contribution in [0.5, 0.6) is 0 Å². The van der Waals surface area contributed by atoms with Gasteiger partial charge in [0.1, 0.15) is 6.54 Å². The van der Waals surface area contributed by atoms with Gasteiger partial charge in [-0.2, -0.15) is 0 Å². The molecule has 0 aromatic heterocycles. The molecule has 2 aromatic carbocycles. The number of nitrogens with zero attached hydrogens (tertiary/aromatic N) is 1. The molecule has 1 amide bonds. The smallest absolute Gasteiger partial charge is 0.340 e. The van der Waals surface area contributed by atoms with Gasteiger partial charge in [0.15, 0.2) is 6.54 Å². The molecule has 0 bridgehead atoms. The number of carbonyl (C=O) groups excluding carboxylic acids is 2. The molecular weight excluding hydrogens is 388 g/mol. The first-order valence-corrected chi connectivity index (χ1v) is 11.4. The van der Waals surface area contributed by atoms with E-state index >= 15 is 0 Å². The maximum atomic E-state index is 13.3. The van der Waals surface area contributed by atoms with Crippen LogP contribution in [-0.2, 0) is 16.1 Å². The maximum absolute atomic E-state index is 13.3. The quantitative estimate of drug-likeness (QED) is 0.498. The number of hydrogen-bond donors (Lipinski definition) is 1. The summed E-state index contributed by atoms with van der Waals surface area (Å²) in [7, 11) is 0. The zero-order valence-corrected chi connectivity index (χ0v) is 19.0. The lowest BCUT2D eigenvalue weighted by atomic mass is 10.1. The van der Waals surface area contributed by atoms with Crippen LogP contribution in [0.3, 0.4) is 0 Å². The third kappa shape index (κ3) is 6.41. The van der Waals surface area contributed by atoms with Gasteiger partial charge < -0.3 is 14.5 Å². The number of amides is 1. The zero-order chi connectivity index (χ0) is 22.3. The van der Waals surface area contributed by atoms with Crippen LogP contribution in [0.2, 0.25) is 0 Å². The molecule has 0 spiro atoms. The van der Waals surface area contributed by atoms with Crippen LogP contribution in [0, 0.1) is 6.92 Å². The van der Waals surface area contributed by atoms with E-state index in [1.165, 1.54) is 18.4 Å². The number of hydrogen-bond acceptors (Lipinski definition) is 3. The van der Waals surface area contributed by atoms with Gasteiger partial charge in [-0.15, -0.1) is 0 Å². The number of likely N-dealkylation sites (tertiary alicyclic amines) is 1. The Balaban J connectivity index is 1.81. The Morgan fingerprint density at radius 2 is 1.65 bits per heavy atom. The van der Waals surface area contributed by atoms with Gasteiger partial charge in [0.05, 0.1) is 30.4 Å². The van der Waals surface area contributed by atoms with Gasteiger partial charge in [0.25, 0.3) is 5.91 Å². The zero-order valence-electron chi connectivity index (χ0n) is 19.0. The summed E-state index contributed by atoms with van der Waals surface area (Å²) in [6.07, 6.45) is 4.50. The van der Waals surface area contributed by atoms with Crippen molar-refractivity contribution in [1.82, 2.24) is 0 Å². The fourth-order valence-corrected chi connectivity index (χ4v) is 4.47. The minimum atomic E-state index is -0.406. The van der Waals surface area contributed by atoms with E-state index in [1.807, 2.05) is 39.0 Å². The second-order valence-corrected chi connectivity index (χ2v) is 9.00. The fraction of sp³-hybridized carbons (Fsp3) is 0.462. The molecule has 0 aliphatic carbocycles. The largest absolute Gasteiger partial charge is 0.459 e. The van der Waals surface area contributed by atoms with Gasteiger partial charge in [-0.25, -0.2) is 4.79 Å². The summed E-state index contributed by atoms with van der Waals surface area (Å²) in [5, 5.41) is 3.06. The van der Waals surface area contributed by atoms with E-state index in [0.29, 0.717) is 17.8 Å². The summed E-state index contributed by atoms with van der Waals surface area (Å²) in [5.74, 6) is -0.456. The summed E-state index contributed by atoms with van der Waals surface area (Å²) in [5.41, 5.74) is 3.09. The summed E-state index contributed by atoms with van der Waals surface area (Å²) in [6, 6.07) is 15.9. The lowest BCUT2D eigenvalue weighted by Crippen LogP contribution is -2.52. The van der Waals surface area contributed by atoms with Crippen molar-refractivity contribution in [2.24, 2.45) is 0 Å². The highest BCUT2D eigenvalue weighted by atomic mass is 16.5. The molecule has 0 saturated carbocycles. The topological polar surface area (TPSA) is 55.4 Å². The first-order chi connectivity index (χ1) is 14.9. The molecule has 166 valence electrons. The van der Waals surface area contributed by atoms with Crippen molar-refractivity contribution in [3.63, 3.8) is 0 Å². The fourth-order valence-electron chi connectivity index (χ4n) is 4.47. The lowest BCUT2D eigenvalue weighted by Gasteiger charge is -2.37. The SMILES string of the molecule is Cc1cccc(C(=O)OC(C)C)c1NC(=O)C[N+]1(Cc2ccccc2)CCCCCC1. The second kappa shape index (κ2) is 10.6. The molecule has 1 aliphatic heterocycles. The molecule has 1 saturated heterocycles. The Morgan fingerprint density at radius 1 is 0.968 bits per heavy atom. The van der Waals surface area contributed by atoms with E-state index in [9.17, 15) is 9.59 Å². The van der Waals surface area contributed by atoms with Crippen molar-refractivity contribution in [2.45, 2.75) is 59.1 Å².